The Morgan fingerprint density at radius 1 is 0.808 bits per heavy atom. The molecule has 0 unspecified atom stereocenters. The highest BCUT2D eigenvalue weighted by atomic mass is 35.5. The van der Waals surface area contributed by atoms with Crippen LogP contribution in [-0.4, -0.2) is 14.3 Å². The zero-order valence-electron chi connectivity index (χ0n) is 13.9. The number of aryl methyl sites for hydroxylation is 1. The molecule has 26 heavy (non-hydrogen) atoms. The second-order valence-corrected chi connectivity index (χ2v) is 7.95. The minimum absolute atomic E-state index is 0.0217. The summed E-state index contributed by atoms with van der Waals surface area (Å²) in [6.07, 6.45) is 0. The van der Waals surface area contributed by atoms with Crippen LogP contribution in [0.4, 0.5) is 0 Å². The van der Waals surface area contributed by atoms with Crippen LogP contribution in [0.1, 0.15) is 15.9 Å². The van der Waals surface area contributed by atoms with Crippen molar-refractivity contribution >= 4 is 27.5 Å². The van der Waals surface area contributed by atoms with E-state index in [4.69, 9.17) is 11.6 Å². The number of rotatable bonds is 4. The third kappa shape index (κ3) is 4.12. The van der Waals surface area contributed by atoms with Gasteiger partial charge in [-0.1, -0.05) is 53.6 Å². The number of sulfonamides is 1. The topological polar surface area (TPSA) is 63.2 Å². The molecule has 4 nitrogen and oxygen atoms in total. The Balaban J connectivity index is 1.77. The number of halogens is 1. The van der Waals surface area contributed by atoms with Crippen LogP contribution in [0.25, 0.3) is 11.1 Å². The molecule has 3 aromatic carbocycles. The second kappa shape index (κ2) is 7.32. The van der Waals surface area contributed by atoms with Gasteiger partial charge in [0, 0.05) is 10.6 Å². The average Bonchev–Trinajstić information content (AvgIpc) is 2.62. The summed E-state index contributed by atoms with van der Waals surface area (Å²) in [5.41, 5.74) is 3.40. The fraction of sp³-hybridized carbons (Fsp3) is 0.0500. The van der Waals surface area contributed by atoms with E-state index < -0.39 is 15.9 Å². The predicted octanol–water partition coefficient (Wildman–Crippen LogP) is 4.43. The third-order valence-electron chi connectivity index (χ3n) is 3.88. The monoisotopic (exact) mass is 385 g/mol. The summed E-state index contributed by atoms with van der Waals surface area (Å²) < 4.78 is 26.6. The minimum Gasteiger partial charge on any atom is -0.268 e. The zero-order chi connectivity index (χ0) is 18.7. The van der Waals surface area contributed by atoms with Crippen LogP contribution in [0.2, 0.25) is 5.02 Å². The van der Waals surface area contributed by atoms with E-state index >= 15 is 0 Å². The van der Waals surface area contributed by atoms with Crippen molar-refractivity contribution in [1.29, 1.82) is 0 Å². The SMILES string of the molecule is Cc1ccc(-c2ccc(C(=O)NS(=O)(=O)c3ccc(Cl)cc3)cc2)cc1. The number of amides is 1. The van der Waals surface area contributed by atoms with Crippen LogP contribution in [0.3, 0.4) is 0 Å². The molecule has 6 heteroatoms. The molecule has 0 aliphatic rings. The van der Waals surface area contributed by atoms with E-state index in [1.807, 2.05) is 31.2 Å². The number of hydrogen-bond donors (Lipinski definition) is 1. The molecule has 3 aromatic rings. The summed E-state index contributed by atoms with van der Waals surface area (Å²) in [5.74, 6) is -0.685. The van der Waals surface area contributed by atoms with Gasteiger partial charge in [-0.2, -0.15) is 0 Å². The Labute approximate surface area is 157 Å². The minimum atomic E-state index is -3.95. The predicted molar refractivity (Wildman–Crippen MR) is 103 cm³/mol. The van der Waals surface area contributed by atoms with Gasteiger partial charge in [0.2, 0.25) is 0 Å². The van der Waals surface area contributed by atoms with E-state index in [2.05, 4.69) is 4.72 Å². The largest absolute Gasteiger partial charge is 0.268 e. The first-order chi connectivity index (χ1) is 12.3. The van der Waals surface area contributed by atoms with Crippen molar-refractivity contribution in [1.82, 2.24) is 4.72 Å². The smallest absolute Gasteiger partial charge is 0.264 e. The molecule has 0 aromatic heterocycles. The summed E-state index contributed by atoms with van der Waals surface area (Å²) in [6.45, 7) is 2.01. The van der Waals surface area contributed by atoms with Crippen LogP contribution >= 0.6 is 11.6 Å². The van der Waals surface area contributed by atoms with Crippen molar-refractivity contribution < 1.29 is 13.2 Å². The van der Waals surface area contributed by atoms with Gasteiger partial charge in [0.1, 0.15) is 0 Å². The average molecular weight is 386 g/mol. The molecule has 0 atom stereocenters. The number of hydrogen-bond acceptors (Lipinski definition) is 3. The molecule has 0 aliphatic heterocycles. The first-order valence-corrected chi connectivity index (χ1v) is 9.71. The van der Waals surface area contributed by atoms with Gasteiger partial charge in [-0.05, 0) is 54.4 Å². The van der Waals surface area contributed by atoms with Crippen molar-refractivity contribution in [2.45, 2.75) is 11.8 Å². The Hall–Kier alpha value is -2.63. The summed E-state index contributed by atoms with van der Waals surface area (Å²) >= 11 is 5.76. The molecule has 0 saturated heterocycles. The number of carbonyl (C=O) groups is 1. The molecule has 3 rings (SSSR count). The summed E-state index contributed by atoms with van der Waals surface area (Å²) in [5, 5.41) is 0.418. The number of carbonyl (C=O) groups excluding carboxylic acids is 1. The Morgan fingerprint density at radius 2 is 1.31 bits per heavy atom. The van der Waals surface area contributed by atoms with Crippen LogP contribution in [0.5, 0.6) is 0 Å². The molecule has 0 aliphatic carbocycles. The maximum atomic E-state index is 12.3. The van der Waals surface area contributed by atoms with Crippen LogP contribution in [0, 0.1) is 6.92 Å². The van der Waals surface area contributed by atoms with Gasteiger partial charge in [0.25, 0.3) is 15.9 Å². The van der Waals surface area contributed by atoms with E-state index in [1.54, 1.807) is 24.3 Å². The van der Waals surface area contributed by atoms with Crippen molar-refractivity contribution in [3.63, 3.8) is 0 Å². The highest BCUT2D eigenvalue weighted by Gasteiger charge is 2.18. The van der Waals surface area contributed by atoms with Gasteiger partial charge in [-0.15, -0.1) is 0 Å². The highest BCUT2D eigenvalue weighted by Crippen LogP contribution is 2.20. The molecule has 132 valence electrons. The molecule has 0 heterocycles. The van der Waals surface area contributed by atoms with Crippen molar-refractivity contribution in [3.8, 4) is 11.1 Å². The van der Waals surface area contributed by atoms with Crippen molar-refractivity contribution in [2.24, 2.45) is 0 Å². The first kappa shape index (κ1) is 18.2. The van der Waals surface area contributed by atoms with Gasteiger partial charge >= 0.3 is 0 Å². The van der Waals surface area contributed by atoms with E-state index in [0.29, 0.717) is 5.02 Å². The Bertz CT molecular complexity index is 1030. The fourth-order valence-corrected chi connectivity index (χ4v) is 3.51. The summed E-state index contributed by atoms with van der Waals surface area (Å²) in [7, 11) is -3.95. The molecule has 0 saturated carbocycles. The lowest BCUT2D eigenvalue weighted by atomic mass is 10.0. The lowest BCUT2D eigenvalue weighted by Gasteiger charge is -2.08. The van der Waals surface area contributed by atoms with E-state index in [1.165, 1.54) is 24.3 Å². The standard InChI is InChI=1S/C20H16ClNO3S/c1-14-2-4-15(5-3-14)16-6-8-17(9-7-16)20(23)22-26(24,25)19-12-10-18(21)11-13-19/h2-13H,1H3,(H,22,23). The second-order valence-electron chi connectivity index (χ2n) is 5.83. The van der Waals surface area contributed by atoms with Gasteiger partial charge in [-0.25, -0.2) is 13.1 Å². The third-order valence-corrected chi connectivity index (χ3v) is 5.48. The van der Waals surface area contributed by atoms with Crippen LogP contribution < -0.4 is 4.72 Å². The lowest BCUT2D eigenvalue weighted by molar-refractivity contribution is 0.0981. The van der Waals surface area contributed by atoms with Crippen LogP contribution in [-0.2, 0) is 10.0 Å². The van der Waals surface area contributed by atoms with E-state index in [0.717, 1.165) is 16.7 Å². The summed E-state index contributed by atoms with van der Waals surface area (Å²) in [4.78, 5) is 12.3. The molecular weight excluding hydrogens is 370 g/mol. The first-order valence-electron chi connectivity index (χ1n) is 7.85. The molecule has 0 radical (unpaired) electrons. The van der Waals surface area contributed by atoms with Crippen molar-refractivity contribution in [3.05, 3.63) is 88.9 Å². The fourth-order valence-electron chi connectivity index (χ4n) is 2.41. The quantitative estimate of drug-likeness (QED) is 0.722. The number of nitrogens with one attached hydrogen (secondary N) is 1. The van der Waals surface area contributed by atoms with Gasteiger partial charge in [0.05, 0.1) is 4.90 Å². The van der Waals surface area contributed by atoms with E-state index in [9.17, 15) is 13.2 Å². The van der Waals surface area contributed by atoms with Gasteiger partial charge < -0.3 is 0 Å². The summed E-state index contributed by atoms with van der Waals surface area (Å²) in [6, 6.07) is 20.4. The molecular formula is C20H16ClNO3S. The van der Waals surface area contributed by atoms with Gasteiger partial charge in [0.15, 0.2) is 0 Å². The molecule has 1 amide bonds. The maximum absolute atomic E-state index is 12.3. The van der Waals surface area contributed by atoms with Crippen LogP contribution in [0.15, 0.2) is 77.7 Å². The van der Waals surface area contributed by atoms with E-state index in [-0.39, 0.29) is 10.5 Å². The molecule has 1 N–H and O–H groups in total. The maximum Gasteiger partial charge on any atom is 0.264 e. The van der Waals surface area contributed by atoms with Gasteiger partial charge in [-0.3, -0.25) is 4.79 Å². The molecule has 0 spiro atoms. The number of benzene rings is 3. The molecule has 0 fully saturated rings. The Kier molecular flexibility index (Phi) is 5.11. The normalized spacial score (nSPS) is 11.2. The highest BCUT2D eigenvalue weighted by molar-refractivity contribution is 7.90. The lowest BCUT2D eigenvalue weighted by Crippen LogP contribution is -2.30. The van der Waals surface area contributed by atoms with Crippen molar-refractivity contribution in [2.75, 3.05) is 0 Å². The molecule has 0 bridgehead atoms. The Morgan fingerprint density at radius 3 is 1.85 bits per heavy atom. The zero-order valence-corrected chi connectivity index (χ0v) is 15.5.